The van der Waals surface area contributed by atoms with Gasteiger partial charge in [0.15, 0.2) is 0 Å². The minimum absolute atomic E-state index is 0.256. The van der Waals surface area contributed by atoms with E-state index in [1.54, 1.807) is 12.1 Å². The molecule has 1 heterocycles. The Hall–Kier alpha value is -1.32. The zero-order valence-electron chi connectivity index (χ0n) is 12.6. The molecule has 1 N–H and O–H groups in total. The maximum absolute atomic E-state index is 13.8. The van der Waals surface area contributed by atoms with E-state index in [0.717, 1.165) is 19.4 Å². The van der Waals surface area contributed by atoms with E-state index < -0.39 is 0 Å². The third kappa shape index (κ3) is 4.32. The lowest BCUT2D eigenvalue weighted by Gasteiger charge is -2.15. The molecule has 1 atom stereocenters. The Morgan fingerprint density at radius 2 is 2.10 bits per heavy atom. The average molecular weight is 309 g/mol. The van der Waals surface area contributed by atoms with Gasteiger partial charge in [-0.3, -0.25) is 0 Å². The SMILES string of the molecule is CCCNC(CC)c1ccn(Cc2ccc(Cl)cc2F)c1. The van der Waals surface area contributed by atoms with Gasteiger partial charge in [-0.1, -0.05) is 31.5 Å². The molecule has 0 radical (unpaired) electrons. The van der Waals surface area contributed by atoms with Crippen molar-refractivity contribution in [3.05, 3.63) is 58.6 Å². The van der Waals surface area contributed by atoms with Crippen LogP contribution in [0.5, 0.6) is 0 Å². The number of halogens is 2. The summed E-state index contributed by atoms with van der Waals surface area (Å²) in [5, 5.41) is 3.96. The van der Waals surface area contributed by atoms with E-state index in [0.29, 0.717) is 23.2 Å². The zero-order chi connectivity index (χ0) is 15.2. The minimum atomic E-state index is -0.256. The monoisotopic (exact) mass is 308 g/mol. The highest BCUT2D eigenvalue weighted by atomic mass is 35.5. The van der Waals surface area contributed by atoms with Crippen molar-refractivity contribution in [2.75, 3.05) is 6.54 Å². The van der Waals surface area contributed by atoms with Crippen molar-refractivity contribution in [2.45, 2.75) is 39.3 Å². The standard InChI is InChI=1S/C17H22ClFN2/c1-3-8-20-17(4-2)14-7-9-21(12-14)11-13-5-6-15(18)10-16(13)19/h5-7,9-10,12,17,20H,3-4,8,11H2,1-2H3. The molecule has 4 heteroatoms. The predicted molar refractivity (Wildman–Crippen MR) is 86.3 cm³/mol. The van der Waals surface area contributed by atoms with E-state index in [1.807, 2.05) is 10.8 Å². The summed E-state index contributed by atoms with van der Waals surface area (Å²) in [5.41, 5.74) is 1.90. The molecule has 0 saturated carbocycles. The van der Waals surface area contributed by atoms with Gasteiger partial charge in [0, 0.05) is 35.6 Å². The maximum atomic E-state index is 13.8. The molecule has 1 unspecified atom stereocenters. The molecule has 2 rings (SSSR count). The van der Waals surface area contributed by atoms with E-state index >= 15 is 0 Å². The third-order valence-electron chi connectivity index (χ3n) is 3.59. The second-order valence-electron chi connectivity index (χ2n) is 5.27. The Labute approximate surface area is 130 Å². The van der Waals surface area contributed by atoms with Crippen LogP contribution in [-0.2, 0) is 6.54 Å². The van der Waals surface area contributed by atoms with E-state index in [-0.39, 0.29) is 5.82 Å². The number of hydrogen-bond donors (Lipinski definition) is 1. The molecule has 0 amide bonds. The molecule has 0 aliphatic heterocycles. The summed E-state index contributed by atoms with van der Waals surface area (Å²) >= 11 is 5.78. The van der Waals surface area contributed by atoms with Crippen molar-refractivity contribution in [3.63, 3.8) is 0 Å². The molecule has 114 valence electrons. The van der Waals surface area contributed by atoms with Crippen molar-refractivity contribution in [1.82, 2.24) is 9.88 Å². The lowest BCUT2D eigenvalue weighted by molar-refractivity contribution is 0.517. The fraction of sp³-hybridized carbons (Fsp3) is 0.412. The van der Waals surface area contributed by atoms with Gasteiger partial charge in [0.25, 0.3) is 0 Å². The van der Waals surface area contributed by atoms with Crippen LogP contribution in [0.15, 0.2) is 36.7 Å². The second kappa shape index (κ2) is 7.62. The van der Waals surface area contributed by atoms with Crippen LogP contribution in [0.2, 0.25) is 5.02 Å². The van der Waals surface area contributed by atoms with Crippen molar-refractivity contribution >= 4 is 11.6 Å². The molecule has 0 saturated heterocycles. The fourth-order valence-corrected chi connectivity index (χ4v) is 2.59. The Balaban J connectivity index is 2.08. The molecule has 0 aliphatic rings. The van der Waals surface area contributed by atoms with Gasteiger partial charge in [0.1, 0.15) is 5.82 Å². The van der Waals surface area contributed by atoms with E-state index in [2.05, 4.69) is 31.4 Å². The summed E-state index contributed by atoms with van der Waals surface area (Å²) in [6.45, 7) is 5.86. The molecular weight excluding hydrogens is 287 g/mol. The molecule has 2 nitrogen and oxygen atoms in total. The first-order valence-corrected chi connectivity index (χ1v) is 7.84. The Kier molecular flexibility index (Phi) is 5.83. The number of hydrogen-bond acceptors (Lipinski definition) is 1. The largest absolute Gasteiger partial charge is 0.349 e. The molecule has 1 aromatic carbocycles. The topological polar surface area (TPSA) is 17.0 Å². The highest BCUT2D eigenvalue weighted by molar-refractivity contribution is 6.30. The third-order valence-corrected chi connectivity index (χ3v) is 3.83. The summed E-state index contributed by atoms with van der Waals surface area (Å²) < 4.78 is 15.8. The average Bonchev–Trinajstić information content (AvgIpc) is 2.91. The molecule has 0 fully saturated rings. The van der Waals surface area contributed by atoms with Crippen LogP contribution in [0.3, 0.4) is 0 Å². The highest BCUT2D eigenvalue weighted by Gasteiger charge is 2.10. The molecular formula is C17H22ClFN2. The van der Waals surface area contributed by atoms with Crippen molar-refractivity contribution < 1.29 is 4.39 Å². The van der Waals surface area contributed by atoms with E-state index in [9.17, 15) is 4.39 Å². The minimum Gasteiger partial charge on any atom is -0.349 e. The Morgan fingerprint density at radius 3 is 2.76 bits per heavy atom. The van der Waals surface area contributed by atoms with Crippen LogP contribution in [0.4, 0.5) is 4.39 Å². The van der Waals surface area contributed by atoms with Crippen molar-refractivity contribution in [1.29, 1.82) is 0 Å². The number of nitrogens with one attached hydrogen (secondary N) is 1. The van der Waals surface area contributed by atoms with Crippen LogP contribution in [0.25, 0.3) is 0 Å². The smallest absolute Gasteiger partial charge is 0.129 e. The second-order valence-corrected chi connectivity index (χ2v) is 5.70. The number of rotatable bonds is 7. The maximum Gasteiger partial charge on any atom is 0.129 e. The fourth-order valence-electron chi connectivity index (χ4n) is 2.43. The Bertz CT molecular complexity index is 580. The lowest BCUT2D eigenvalue weighted by atomic mass is 10.1. The summed E-state index contributed by atoms with van der Waals surface area (Å²) in [5.74, 6) is -0.256. The highest BCUT2D eigenvalue weighted by Crippen LogP contribution is 2.19. The molecule has 1 aromatic heterocycles. The number of benzene rings is 1. The van der Waals surface area contributed by atoms with Gasteiger partial charge in [-0.15, -0.1) is 0 Å². The van der Waals surface area contributed by atoms with E-state index in [1.165, 1.54) is 11.6 Å². The molecule has 0 aliphatic carbocycles. The van der Waals surface area contributed by atoms with Gasteiger partial charge in [0.2, 0.25) is 0 Å². The van der Waals surface area contributed by atoms with Crippen LogP contribution >= 0.6 is 11.6 Å². The van der Waals surface area contributed by atoms with Gasteiger partial charge in [-0.05, 0) is 43.1 Å². The molecule has 21 heavy (non-hydrogen) atoms. The van der Waals surface area contributed by atoms with Crippen LogP contribution in [0.1, 0.15) is 43.9 Å². The Morgan fingerprint density at radius 1 is 1.29 bits per heavy atom. The lowest BCUT2D eigenvalue weighted by Crippen LogP contribution is -2.21. The number of nitrogens with zero attached hydrogens (tertiary/aromatic N) is 1. The first kappa shape index (κ1) is 16.1. The molecule has 2 aromatic rings. The van der Waals surface area contributed by atoms with Crippen LogP contribution in [-0.4, -0.2) is 11.1 Å². The quantitative estimate of drug-likeness (QED) is 0.779. The summed E-state index contributed by atoms with van der Waals surface area (Å²) in [6, 6.07) is 7.29. The van der Waals surface area contributed by atoms with Gasteiger partial charge in [-0.2, -0.15) is 0 Å². The van der Waals surface area contributed by atoms with Crippen LogP contribution < -0.4 is 5.32 Å². The first-order valence-electron chi connectivity index (χ1n) is 7.47. The zero-order valence-corrected chi connectivity index (χ0v) is 13.3. The van der Waals surface area contributed by atoms with Gasteiger partial charge < -0.3 is 9.88 Å². The van der Waals surface area contributed by atoms with Gasteiger partial charge in [-0.25, -0.2) is 4.39 Å². The molecule has 0 bridgehead atoms. The number of aromatic nitrogens is 1. The normalized spacial score (nSPS) is 12.6. The van der Waals surface area contributed by atoms with Gasteiger partial charge in [0.05, 0.1) is 0 Å². The van der Waals surface area contributed by atoms with Gasteiger partial charge >= 0.3 is 0 Å². The van der Waals surface area contributed by atoms with E-state index in [4.69, 9.17) is 11.6 Å². The summed E-state index contributed by atoms with van der Waals surface area (Å²) in [6.07, 6.45) is 6.25. The predicted octanol–water partition coefficient (Wildman–Crippen LogP) is 4.78. The summed E-state index contributed by atoms with van der Waals surface area (Å²) in [4.78, 5) is 0. The first-order chi connectivity index (χ1) is 10.1. The van der Waals surface area contributed by atoms with Crippen molar-refractivity contribution in [3.8, 4) is 0 Å². The molecule has 0 spiro atoms. The van der Waals surface area contributed by atoms with Crippen LogP contribution in [0, 0.1) is 5.82 Å². The summed E-state index contributed by atoms with van der Waals surface area (Å²) in [7, 11) is 0. The van der Waals surface area contributed by atoms with Crippen molar-refractivity contribution in [2.24, 2.45) is 0 Å².